The third-order valence-electron chi connectivity index (χ3n) is 2.02. The molecule has 1 saturated carbocycles. The smallest absolute Gasteiger partial charge is 0.235 e. The Kier molecular flexibility index (Phi) is 2.62. The van der Waals surface area contributed by atoms with Gasteiger partial charge in [0.05, 0.1) is 12.6 Å². The molecular weight excluding hydrogens is 206 g/mol. The minimum Gasteiger partial charge on any atom is -0.348 e. The minimum absolute atomic E-state index is 0.0367. The normalized spacial score (nSPS) is 15.5. The Morgan fingerprint density at radius 2 is 2.43 bits per heavy atom. The fourth-order valence-electron chi connectivity index (χ4n) is 1.16. The highest BCUT2D eigenvalue weighted by molar-refractivity contribution is 6.27. The SMILES string of the molecule is O=C(CCl)NCc1nnnn1C1CC1. The number of tetrazole rings is 1. The van der Waals surface area contributed by atoms with Crippen LogP contribution in [0.25, 0.3) is 0 Å². The third-order valence-corrected chi connectivity index (χ3v) is 2.26. The van der Waals surface area contributed by atoms with Gasteiger partial charge in [0.2, 0.25) is 5.91 Å². The topological polar surface area (TPSA) is 72.7 Å². The van der Waals surface area contributed by atoms with Gasteiger partial charge in [0.1, 0.15) is 5.88 Å². The van der Waals surface area contributed by atoms with Crippen LogP contribution < -0.4 is 5.32 Å². The Hall–Kier alpha value is -1.17. The summed E-state index contributed by atoms with van der Waals surface area (Å²) < 4.78 is 1.76. The molecule has 0 unspecified atom stereocenters. The monoisotopic (exact) mass is 215 g/mol. The average Bonchev–Trinajstić information content (AvgIpc) is 2.94. The lowest BCUT2D eigenvalue weighted by molar-refractivity contribution is -0.118. The molecule has 1 amide bonds. The van der Waals surface area contributed by atoms with Gasteiger partial charge >= 0.3 is 0 Å². The van der Waals surface area contributed by atoms with Crippen molar-refractivity contribution in [2.24, 2.45) is 0 Å². The molecule has 2 rings (SSSR count). The second-order valence-corrected chi connectivity index (χ2v) is 3.45. The standard InChI is InChI=1S/C7H10ClN5O/c8-3-7(14)9-4-6-10-11-12-13(6)5-1-2-5/h5H,1-4H2,(H,9,14). The predicted molar refractivity (Wildman–Crippen MR) is 48.7 cm³/mol. The highest BCUT2D eigenvalue weighted by Gasteiger charge is 2.27. The van der Waals surface area contributed by atoms with Crippen molar-refractivity contribution in [1.29, 1.82) is 0 Å². The van der Waals surface area contributed by atoms with Gasteiger partial charge in [-0.05, 0) is 23.3 Å². The van der Waals surface area contributed by atoms with E-state index in [2.05, 4.69) is 20.8 Å². The number of rotatable bonds is 4. The van der Waals surface area contributed by atoms with Gasteiger partial charge in [-0.2, -0.15) is 0 Å². The minimum atomic E-state index is -0.211. The third kappa shape index (κ3) is 2.01. The summed E-state index contributed by atoms with van der Waals surface area (Å²) >= 11 is 5.34. The van der Waals surface area contributed by atoms with Crippen molar-refractivity contribution < 1.29 is 4.79 Å². The number of nitrogens with zero attached hydrogens (tertiary/aromatic N) is 4. The van der Waals surface area contributed by atoms with Crippen molar-refractivity contribution in [3.05, 3.63) is 5.82 Å². The fraction of sp³-hybridized carbons (Fsp3) is 0.714. The van der Waals surface area contributed by atoms with Crippen molar-refractivity contribution >= 4 is 17.5 Å². The number of alkyl halides is 1. The van der Waals surface area contributed by atoms with Crippen LogP contribution >= 0.6 is 11.6 Å². The molecule has 1 aromatic rings. The van der Waals surface area contributed by atoms with Crippen LogP contribution in [0.4, 0.5) is 0 Å². The van der Waals surface area contributed by atoms with Crippen LogP contribution in [0.1, 0.15) is 24.7 Å². The molecule has 1 aliphatic carbocycles. The first-order valence-corrected chi connectivity index (χ1v) is 4.94. The zero-order valence-corrected chi connectivity index (χ0v) is 8.24. The molecule has 1 fully saturated rings. The van der Waals surface area contributed by atoms with Crippen molar-refractivity contribution in [1.82, 2.24) is 25.5 Å². The second kappa shape index (κ2) is 3.91. The van der Waals surface area contributed by atoms with E-state index in [4.69, 9.17) is 11.6 Å². The maximum Gasteiger partial charge on any atom is 0.235 e. The molecule has 76 valence electrons. The van der Waals surface area contributed by atoms with E-state index < -0.39 is 0 Å². The molecule has 0 aliphatic heterocycles. The first-order chi connectivity index (χ1) is 6.81. The fourth-order valence-corrected chi connectivity index (χ4v) is 1.25. The zero-order chi connectivity index (χ0) is 9.97. The van der Waals surface area contributed by atoms with E-state index in [-0.39, 0.29) is 11.8 Å². The van der Waals surface area contributed by atoms with E-state index >= 15 is 0 Å². The molecule has 0 radical (unpaired) electrons. The second-order valence-electron chi connectivity index (χ2n) is 3.18. The van der Waals surface area contributed by atoms with Gasteiger partial charge in [0.25, 0.3) is 0 Å². The molecule has 14 heavy (non-hydrogen) atoms. The van der Waals surface area contributed by atoms with Crippen molar-refractivity contribution in [2.75, 3.05) is 5.88 Å². The molecule has 1 N–H and O–H groups in total. The van der Waals surface area contributed by atoms with Crippen molar-refractivity contribution in [2.45, 2.75) is 25.4 Å². The van der Waals surface area contributed by atoms with Crippen LogP contribution in [-0.4, -0.2) is 32.0 Å². The lowest BCUT2D eigenvalue weighted by Gasteiger charge is -2.02. The van der Waals surface area contributed by atoms with Crippen molar-refractivity contribution in [3.63, 3.8) is 0 Å². The van der Waals surface area contributed by atoms with Crippen LogP contribution in [0.2, 0.25) is 0 Å². The maximum absolute atomic E-state index is 10.9. The van der Waals surface area contributed by atoms with Gasteiger partial charge in [0, 0.05) is 0 Å². The van der Waals surface area contributed by atoms with Crippen LogP contribution in [0.3, 0.4) is 0 Å². The van der Waals surface area contributed by atoms with Crippen LogP contribution in [0, 0.1) is 0 Å². The molecule has 6 nitrogen and oxygen atoms in total. The van der Waals surface area contributed by atoms with E-state index in [9.17, 15) is 4.79 Å². The summed E-state index contributed by atoms with van der Waals surface area (Å²) in [5, 5.41) is 13.9. The van der Waals surface area contributed by atoms with Gasteiger partial charge in [-0.25, -0.2) is 4.68 Å². The van der Waals surface area contributed by atoms with E-state index in [1.807, 2.05) is 0 Å². The summed E-state index contributed by atoms with van der Waals surface area (Å²) in [6.07, 6.45) is 2.23. The molecule has 0 aromatic carbocycles. The van der Waals surface area contributed by atoms with Crippen LogP contribution in [0.15, 0.2) is 0 Å². The summed E-state index contributed by atoms with van der Waals surface area (Å²) in [7, 11) is 0. The predicted octanol–water partition coefficient (Wildman–Crippen LogP) is -0.137. The summed E-state index contributed by atoms with van der Waals surface area (Å²) in [5.41, 5.74) is 0. The average molecular weight is 216 g/mol. The van der Waals surface area contributed by atoms with E-state index in [1.54, 1.807) is 4.68 Å². The molecule has 0 bridgehead atoms. The lowest BCUT2D eigenvalue weighted by Crippen LogP contribution is -2.25. The number of hydrogen-bond acceptors (Lipinski definition) is 4. The Labute approximate surface area is 85.6 Å². The molecule has 1 heterocycles. The first-order valence-electron chi connectivity index (χ1n) is 4.40. The van der Waals surface area contributed by atoms with Crippen LogP contribution in [0.5, 0.6) is 0 Å². The van der Waals surface area contributed by atoms with E-state index in [0.29, 0.717) is 18.4 Å². The number of carbonyl (C=O) groups excluding carboxylic acids is 1. The Morgan fingerprint density at radius 3 is 3.07 bits per heavy atom. The first kappa shape index (κ1) is 9.39. The summed E-state index contributed by atoms with van der Waals surface area (Å²) in [6.45, 7) is 0.342. The lowest BCUT2D eigenvalue weighted by atomic mass is 10.5. The molecule has 0 saturated heterocycles. The molecule has 0 atom stereocenters. The highest BCUT2D eigenvalue weighted by Crippen LogP contribution is 2.34. The molecular formula is C7H10ClN5O. The number of carbonyl (C=O) groups is 1. The van der Waals surface area contributed by atoms with Gasteiger partial charge in [-0.15, -0.1) is 16.7 Å². The van der Waals surface area contributed by atoms with Crippen LogP contribution in [-0.2, 0) is 11.3 Å². The van der Waals surface area contributed by atoms with Gasteiger partial charge in [0.15, 0.2) is 5.82 Å². The summed E-state index contributed by atoms with van der Waals surface area (Å²) in [6, 6.07) is 0.424. The Balaban J connectivity index is 1.94. The maximum atomic E-state index is 10.9. The van der Waals surface area contributed by atoms with Gasteiger partial charge in [-0.1, -0.05) is 0 Å². The highest BCUT2D eigenvalue weighted by atomic mass is 35.5. The van der Waals surface area contributed by atoms with E-state index in [0.717, 1.165) is 12.8 Å². The van der Waals surface area contributed by atoms with Crippen molar-refractivity contribution in [3.8, 4) is 0 Å². The Bertz CT molecular complexity index is 335. The van der Waals surface area contributed by atoms with Gasteiger partial charge < -0.3 is 5.32 Å². The van der Waals surface area contributed by atoms with E-state index in [1.165, 1.54) is 0 Å². The molecule has 7 heteroatoms. The largest absolute Gasteiger partial charge is 0.348 e. The summed E-state index contributed by atoms with van der Waals surface area (Å²) in [4.78, 5) is 10.9. The number of halogens is 1. The number of aromatic nitrogens is 4. The number of hydrogen-bond donors (Lipinski definition) is 1. The number of amides is 1. The molecule has 0 spiro atoms. The zero-order valence-electron chi connectivity index (χ0n) is 7.48. The van der Waals surface area contributed by atoms with Gasteiger partial charge in [-0.3, -0.25) is 4.79 Å². The molecule has 1 aromatic heterocycles. The number of nitrogens with one attached hydrogen (secondary N) is 1. The quantitative estimate of drug-likeness (QED) is 0.710. The summed E-state index contributed by atoms with van der Waals surface area (Å²) in [5.74, 6) is 0.438. The Morgan fingerprint density at radius 1 is 1.64 bits per heavy atom. The molecule has 1 aliphatic rings.